The topological polar surface area (TPSA) is 149 Å². The number of aliphatic hydroxyl groups excluding tert-OH is 5. The minimum absolute atomic E-state index is 0.194. The highest BCUT2D eigenvalue weighted by molar-refractivity contribution is 5.76. The van der Waals surface area contributed by atoms with Crippen LogP contribution < -0.4 is 5.32 Å². The molecule has 0 radical (unpaired) electrons. The van der Waals surface area contributed by atoms with E-state index in [1.165, 1.54) is 154 Å². The summed E-state index contributed by atoms with van der Waals surface area (Å²) in [5.74, 6) is -0.194. The standard InChI is InChI=1S/C52H97NO8/c1-3-5-7-9-11-13-15-17-19-21-22-23-24-25-26-27-29-31-33-35-37-39-41-46(55)45(44-60-52-51(59)50(58)49(57)47(43-54)61-52)53-48(56)42-40-38-36-34-32-30-28-20-18-16-14-12-10-8-6-4-2/h20,28,31,33,39,41,45-47,49-52,54-55,57-59H,3-19,21-27,29-30,32,34-38,40,42-44H2,1-2H3,(H,53,56)/b28-20-,33-31+,41-39+. The first kappa shape index (κ1) is 57.4. The lowest BCUT2D eigenvalue weighted by Gasteiger charge is -2.40. The highest BCUT2D eigenvalue weighted by Gasteiger charge is 2.44. The van der Waals surface area contributed by atoms with Gasteiger partial charge in [0.15, 0.2) is 6.29 Å². The Bertz CT molecular complexity index is 1050. The van der Waals surface area contributed by atoms with E-state index in [9.17, 15) is 30.3 Å². The molecule has 1 fully saturated rings. The van der Waals surface area contributed by atoms with Crippen LogP contribution in [0, 0.1) is 0 Å². The highest BCUT2D eigenvalue weighted by Crippen LogP contribution is 2.23. The smallest absolute Gasteiger partial charge is 0.220 e. The molecule has 0 saturated carbocycles. The van der Waals surface area contributed by atoms with Crippen LogP contribution in [0.5, 0.6) is 0 Å². The molecule has 1 heterocycles. The molecule has 1 saturated heterocycles. The molecule has 7 unspecified atom stereocenters. The van der Waals surface area contributed by atoms with Crippen molar-refractivity contribution in [3.8, 4) is 0 Å². The largest absolute Gasteiger partial charge is 0.394 e. The fourth-order valence-electron chi connectivity index (χ4n) is 8.05. The van der Waals surface area contributed by atoms with E-state index < -0.39 is 49.5 Å². The minimum Gasteiger partial charge on any atom is -0.394 e. The lowest BCUT2D eigenvalue weighted by atomic mass is 9.99. The molecule has 1 rings (SSSR count). The highest BCUT2D eigenvalue weighted by atomic mass is 16.7. The average molecular weight is 864 g/mol. The van der Waals surface area contributed by atoms with Crippen LogP contribution in [0.2, 0.25) is 0 Å². The molecule has 1 amide bonds. The van der Waals surface area contributed by atoms with Crippen LogP contribution in [0.15, 0.2) is 36.5 Å². The second-order valence-corrected chi connectivity index (χ2v) is 18.0. The van der Waals surface area contributed by atoms with Crippen LogP contribution in [0.3, 0.4) is 0 Å². The Balaban J connectivity index is 2.32. The third kappa shape index (κ3) is 32.7. The maximum atomic E-state index is 13.0. The second-order valence-electron chi connectivity index (χ2n) is 18.0. The molecule has 0 aliphatic carbocycles. The second kappa shape index (κ2) is 42.4. The van der Waals surface area contributed by atoms with Gasteiger partial charge in [-0.3, -0.25) is 4.79 Å². The van der Waals surface area contributed by atoms with E-state index in [0.29, 0.717) is 6.42 Å². The normalized spacial score (nSPS) is 20.7. The summed E-state index contributed by atoms with van der Waals surface area (Å²) in [5, 5.41) is 54.3. The first-order valence-corrected chi connectivity index (χ1v) is 25.7. The van der Waals surface area contributed by atoms with Gasteiger partial charge in [0.2, 0.25) is 5.91 Å². The average Bonchev–Trinajstić information content (AvgIpc) is 3.26. The van der Waals surface area contributed by atoms with Gasteiger partial charge in [0.05, 0.1) is 25.4 Å². The van der Waals surface area contributed by atoms with E-state index in [0.717, 1.165) is 57.8 Å². The molecule has 7 atom stereocenters. The van der Waals surface area contributed by atoms with Gasteiger partial charge in [0.25, 0.3) is 0 Å². The van der Waals surface area contributed by atoms with Crippen molar-refractivity contribution in [3.63, 3.8) is 0 Å². The third-order valence-corrected chi connectivity index (χ3v) is 12.2. The van der Waals surface area contributed by atoms with Gasteiger partial charge in [-0.2, -0.15) is 0 Å². The number of rotatable bonds is 43. The lowest BCUT2D eigenvalue weighted by molar-refractivity contribution is -0.302. The SMILES string of the molecule is CCCCCCCCC/C=C\CCCCCCCC(=O)NC(COC1OC(CO)C(O)C(O)C1O)C(O)/C=C/CC/C=C/CCCCCCCCCCCCCCCCCC. The maximum absolute atomic E-state index is 13.0. The fourth-order valence-corrected chi connectivity index (χ4v) is 8.05. The van der Waals surface area contributed by atoms with Crippen molar-refractivity contribution in [2.24, 2.45) is 0 Å². The van der Waals surface area contributed by atoms with Crippen molar-refractivity contribution in [3.05, 3.63) is 36.5 Å². The summed E-state index contributed by atoms with van der Waals surface area (Å²) in [6.07, 6.45) is 46.3. The molecule has 0 aromatic rings. The molecule has 6 N–H and O–H groups in total. The third-order valence-electron chi connectivity index (χ3n) is 12.2. The Labute approximate surface area is 374 Å². The summed E-state index contributed by atoms with van der Waals surface area (Å²) in [4.78, 5) is 13.0. The monoisotopic (exact) mass is 864 g/mol. The summed E-state index contributed by atoms with van der Waals surface area (Å²) in [5.41, 5.74) is 0. The van der Waals surface area contributed by atoms with E-state index >= 15 is 0 Å². The summed E-state index contributed by atoms with van der Waals surface area (Å²) in [7, 11) is 0. The lowest BCUT2D eigenvalue weighted by Crippen LogP contribution is -2.60. The van der Waals surface area contributed by atoms with Crippen LogP contribution in [0.1, 0.15) is 232 Å². The van der Waals surface area contributed by atoms with E-state index in [2.05, 4.69) is 43.5 Å². The first-order valence-electron chi connectivity index (χ1n) is 25.7. The predicted molar refractivity (Wildman–Crippen MR) is 253 cm³/mol. The van der Waals surface area contributed by atoms with Crippen LogP contribution in [0.4, 0.5) is 0 Å². The summed E-state index contributed by atoms with van der Waals surface area (Å²) < 4.78 is 11.2. The van der Waals surface area contributed by atoms with Gasteiger partial charge >= 0.3 is 0 Å². The van der Waals surface area contributed by atoms with Gasteiger partial charge in [-0.25, -0.2) is 0 Å². The number of amides is 1. The van der Waals surface area contributed by atoms with Crippen molar-refractivity contribution in [1.82, 2.24) is 5.32 Å². The van der Waals surface area contributed by atoms with Gasteiger partial charge < -0.3 is 40.3 Å². The number of allylic oxidation sites excluding steroid dienone is 5. The van der Waals surface area contributed by atoms with Gasteiger partial charge in [0, 0.05) is 6.42 Å². The molecule has 9 nitrogen and oxygen atoms in total. The van der Waals surface area contributed by atoms with E-state index in [1.54, 1.807) is 6.08 Å². The first-order chi connectivity index (χ1) is 29.8. The zero-order valence-corrected chi connectivity index (χ0v) is 39.4. The molecule has 9 heteroatoms. The van der Waals surface area contributed by atoms with Gasteiger partial charge in [-0.05, 0) is 57.8 Å². The molecule has 358 valence electrons. The molecule has 0 bridgehead atoms. The summed E-state index contributed by atoms with van der Waals surface area (Å²) in [6.45, 7) is 3.76. The van der Waals surface area contributed by atoms with Gasteiger partial charge in [-0.1, -0.05) is 204 Å². The zero-order valence-electron chi connectivity index (χ0n) is 39.4. The predicted octanol–water partition coefficient (Wildman–Crippen LogP) is 11.6. The maximum Gasteiger partial charge on any atom is 0.220 e. The Hall–Kier alpha value is -1.59. The van der Waals surface area contributed by atoms with E-state index in [-0.39, 0.29) is 12.5 Å². The number of ether oxygens (including phenoxy) is 2. The quantitative estimate of drug-likeness (QED) is 0.0262. The minimum atomic E-state index is -1.57. The number of nitrogens with one attached hydrogen (secondary N) is 1. The number of carbonyl (C=O) groups excluding carboxylic acids is 1. The van der Waals surface area contributed by atoms with Crippen molar-refractivity contribution in [1.29, 1.82) is 0 Å². The molecule has 61 heavy (non-hydrogen) atoms. The van der Waals surface area contributed by atoms with Crippen molar-refractivity contribution in [2.45, 2.75) is 275 Å². The molecular formula is C52H97NO8. The Kier molecular flexibility index (Phi) is 39.9. The van der Waals surface area contributed by atoms with E-state index in [4.69, 9.17) is 9.47 Å². The fraction of sp³-hybridized carbons (Fsp3) is 0.865. The number of hydrogen-bond acceptors (Lipinski definition) is 8. The molecule has 1 aliphatic rings. The van der Waals surface area contributed by atoms with E-state index in [1.807, 2.05) is 6.08 Å². The van der Waals surface area contributed by atoms with Crippen LogP contribution in [-0.2, 0) is 14.3 Å². The number of hydrogen-bond donors (Lipinski definition) is 6. The molecule has 0 aromatic heterocycles. The summed E-state index contributed by atoms with van der Waals surface area (Å²) >= 11 is 0. The van der Waals surface area contributed by atoms with Crippen LogP contribution in [0.25, 0.3) is 0 Å². The van der Waals surface area contributed by atoms with Gasteiger partial charge in [0.1, 0.15) is 24.4 Å². The number of aliphatic hydroxyl groups is 5. The molecule has 1 aliphatic heterocycles. The Morgan fingerprint density at radius 2 is 0.934 bits per heavy atom. The number of carbonyl (C=O) groups is 1. The van der Waals surface area contributed by atoms with Crippen molar-refractivity contribution in [2.75, 3.05) is 13.2 Å². The Morgan fingerprint density at radius 3 is 1.38 bits per heavy atom. The van der Waals surface area contributed by atoms with Crippen molar-refractivity contribution < 1.29 is 39.8 Å². The number of unbranched alkanes of at least 4 members (excludes halogenated alkanes) is 29. The summed E-state index contributed by atoms with van der Waals surface area (Å²) in [6, 6.07) is -0.825. The zero-order chi connectivity index (χ0) is 44.4. The molecule has 0 aromatic carbocycles. The van der Waals surface area contributed by atoms with Gasteiger partial charge in [-0.15, -0.1) is 0 Å². The Morgan fingerprint density at radius 1 is 0.541 bits per heavy atom. The van der Waals surface area contributed by atoms with Crippen LogP contribution >= 0.6 is 0 Å². The van der Waals surface area contributed by atoms with Crippen LogP contribution in [-0.4, -0.2) is 87.5 Å². The molecule has 0 spiro atoms. The van der Waals surface area contributed by atoms with Crippen molar-refractivity contribution >= 4 is 5.91 Å². The molecular weight excluding hydrogens is 767 g/mol.